The first-order valence-electron chi connectivity index (χ1n) is 12.9. The third kappa shape index (κ3) is 5.56. The average Bonchev–Trinajstić information content (AvgIpc) is 3.31. The number of fused-ring (bicyclic) bond motifs is 1. The molecule has 0 atom stereocenters. The summed E-state index contributed by atoms with van der Waals surface area (Å²) in [5, 5.41) is 9.73. The second-order valence-electron chi connectivity index (χ2n) is 9.48. The van der Waals surface area contributed by atoms with E-state index >= 15 is 0 Å². The molecular weight excluding hydrogens is 480 g/mol. The first-order valence-corrected chi connectivity index (χ1v) is 12.9. The zero-order valence-corrected chi connectivity index (χ0v) is 21.2. The maximum Gasteiger partial charge on any atom is 0.314 e. The Morgan fingerprint density at radius 1 is 0.974 bits per heavy atom. The van der Waals surface area contributed by atoms with Gasteiger partial charge in [-0.1, -0.05) is 60.7 Å². The third-order valence-corrected chi connectivity index (χ3v) is 6.78. The molecule has 2 aromatic heterocycles. The van der Waals surface area contributed by atoms with Gasteiger partial charge >= 0.3 is 11.8 Å². The van der Waals surface area contributed by atoms with E-state index in [4.69, 9.17) is 0 Å². The number of carbonyl (C=O) groups is 2. The van der Waals surface area contributed by atoms with Crippen molar-refractivity contribution in [3.8, 4) is 5.95 Å². The lowest BCUT2D eigenvalue weighted by Gasteiger charge is -2.18. The van der Waals surface area contributed by atoms with Crippen molar-refractivity contribution >= 4 is 17.6 Å². The summed E-state index contributed by atoms with van der Waals surface area (Å²) in [6.07, 6.45) is 4.00. The fraction of sp³-hybridized carbons (Fsp3) is 0.276. The Hall–Kier alpha value is -4.53. The summed E-state index contributed by atoms with van der Waals surface area (Å²) in [6, 6.07) is 21.8. The predicted octanol–water partition coefficient (Wildman–Crippen LogP) is 3.42. The lowest BCUT2D eigenvalue weighted by molar-refractivity contribution is -0.136. The molecular formula is C29H30N6O3. The van der Waals surface area contributed by atoms with Crippen LogP contribution in [0.25, 0.3) is 5.95 Å². The van der Waals surface area contributed by atoms with Gasteiger partial charge in [0.1, 0.15) is 5.82 Å². The van der Waals surface area contributed by atoms with Crippen LogP contribution in [0.15, 0.2) is 71.5 Å². The third-order valence-electron chi connectivity index (χ3n) is 6.78. The van der Waals surface area contributed by atoms with E-state index in [1.807, 2.05) is 36.4 Å². The van der Waals surface area contributed by atoms with Crippen LogP contribution in [-0.4, -0.2) is 38.1 Å². The van der Waals surface area contributed by atoms with Crippen LogP contribution in [0.3, 0.4) is 0 Å². The Morgan fingerprint density at radius 3 is 2.32 bits per heavy atom. The van der Waals surface area contributed by atoms with Gasteiger partial charge in [0.05, 0.1) is 11.4 Å². The molecule has 9 heteroatoms. The molecule has 0 spiro atoms. The van der Waals surface area contributed by atoms with E-state index in [2.05, 4.69) is 50.0 Å². The number of rotatable bonds is 7. The van der Waals surface area contributed by atoms with Crippen molar-refractivity contribution in [2.24, 2.45) is 0 Å². The highest BCUT2D eigenvalue weighted by molar-refractivity contribution is 6.39. The second-order valence-corrected chi connectivity index (χ2v) is 9.48. The van der Waals surface area contributed by atoms with Crippen LogP contribution >= 0.6 is 0 Å². The zero-order chi connectivity index (χ0) is 26.5. The number of amides is 2. The number of benzene rings is 2. The van der Waals surface area contributed by atoms with Crippen LogP contribution < -0.4 is 16.2 Å². The summed E-state index contributed by atoms with van der Waals surface area (Å²) < 4.78 is 1.36. The Kier molecular flexibility index (Phi) is 7.44. The molecule has 2 aromatic carbocycles. The van der Waals surface area contributed by atoms with Crippen molar-refractivity contribution in [2.45, 2.75) is 44.9 Å². The largest absolute Gasteiger partial charge is 0.348 e. The summed E-state index contributed by atoms with van der Waals surface area (Å²) in [7, 11) is 0. The molecule has 0 fully saturated rings. The zero-order valence-electron chi connectivity index (χ0n) is 21.2. The number of nitrogens with one attached hydrogen (secondary N) is 3. The molecule has 0 saturated heterocycles. The van der Waals surface area contributed by atoms with Crippen LogP contribution in [0.4, 0.5) is 5.82 Å². The molecule has 3 N–H and O–H groups in total. The molecule has 9 nitrogen and oxygen atoms in total. The topological polar surface area (TPSA) is 122 Å². The minimum atomic E-state index is -0.817. The second kappa shape index (κ2) is 11.2. The maximum atomic E-state index is 12.8. The van der Waals surface area contributed by atoms with E-state index in [9.17, 15) is 14.4 Å². The molecule has 38 heavy (non-hydrogen) atoms. The van der Waals surface area contributed by atoms with Crippen LogP contribution in [0.5, 0.6) is 0 Å². The monoisotopic (exact) mass is 510 g/mol. The number of H-pyrrole nitrogens is 1. The fourth-order valence-electron chi connectivity index (χ4n) is 4.92. The number of nitrogens with zero attached hydrogens (tertiary/aromatic N) is 3. The molecule has 194 valence electrons. The maximum absolute atomic E-state index is 12.8. The summed E-state index contributed by atoms with van der Waals surface area (Å²) in [5.41, 5.74) is 4.16. The van der Waals surface area contributed by atoms with E-state index in [-0.39, 0.29) is 23.2 Å². The molecule has 4 aromatic rings. The molecule has 0 bridgehead atoms. The van der Waals surface area contributed by atoms with Crippen LogP contribution in [0, 0.1) is 6.92 Å². The van der Waals surface area contributed by atoms with Gasteiger partial charge in [-0.15, -0.1) is 0 Å². The van der Waals surface area contributed by atoms with E-state index in [0.29, 0.717) is 30.6 Å². The Balaban J connectivity index is 1.26. The van der Waals surface area contributed by atoms with Crippen molar-refractivity contribution in [3.63, 3.8) is 0 Å². The van der Waals surface area contributed by atoms with Crippen molar-refractivity contribution in [1.29, 1.82) is 0 Å². The standard InChI is InChI=1S/C29H30N6O3/c1-19-18-25(35(34-19)29-31-24-15-9-8-14-23(24)26(36)33-29)32-28(38)27(37)30-17-16-22(20-10-4-2-5-11-20)21-12-6-3-7-13-21/h2-7,10-13,18,22H,8-9,14-17H2,1H3,(H,30,37)(H,32,38)(H,31,33,36). The summed E-state index contributed by atoms with van der Waals surface area (Å²) >= 11 is 0. The number of aromatic amines is 1. The lowest BCUT2D eigenvalue weighted by atomic mass is 9.88. The number of hydrogen-bond acceptors (Lipinski definition) is 5. The van der Waals surface area contributed by atoms with Gasteiger partial charge in [0.15, 0.2) is 0 Å². The van der Waals surface area contributed by atoms with Crippen molar-refractivity contribution in [1.82, 2.24) is 25.1 Å². The number of aryl methyl sites for hydroxylation is 2. The first-order chi connectivity index (χ1) is 18.5. The Labute approximate surface area is 220 Å². The molecule has 2 heterocycles. The number of carbonyl (C=O) groups excluding carboxylic acids is 2. The van der Waals surface area contributed by atoms with Gasteiger partial charge in [0, 0.05) is 24.1 Å². The van der Waals surface area contributed by atoms with Crippen molar-refractivity contribution in [2.75, 3.05) is 11.9 Å². The normalized spacial score (nSPS) is 12.7. The number of aromatic nitrogens is 4. The average molecular weight is 511 g/mol. The van der Waals surface area contributed by atoms with Gasteiger partial charge in [-0.05, 0) is 50.2 Å². The van der Waals surface area contributed by atoms with Crippen LogP contribution in [0.2, 0.25) is 0 Å². The summed E-state index contributed by atoms with van der Waals surface area (Å²) in [5.74, 6) is -1.01. The van der Waals surface area contributed by atoms with Gasteiger partial charge in [-0.3, -0.25) is 19.4 Å². The van der Waals surface area contributed by atoms with Crippen molar-refractivity contribution < 1.29 is 9.59 Å². The molecule has 1 aliphatic carbocycles. The molecule has 1 aliphatic rings. The smallest absolute Gasteiger partial charge is 0.314 e. The first kappa shape index (κ1) is 25.1. The molecule has 0 aliphatic heterocycles. The summed E-state index contributed by atoms with van der Waals surface area (Å²) in [6.45, 7) is 2.08. The van der Waals surface area contributed by atoms with Crippen molar-refractivity contribution in [3.05, 3.63) is 105 Å². The van der Waals surface area contributed by atoms with Gasteiger partial charge in [0.25, 0.3) is 5.56 Å². The SMILES string of the molecule is Cc1cc(NC(=O)C(=O)NCCC(c2ccccc2)c2ccccc2)n(-c2nc3c(c(=O)[nH]2)CCCC3)n1. The minimum Gasteiger partial charge on any atom is -0.348 e. The van der Waals surface area contributed by atoms with Gasteiger partial charge < -0.3 is 10.6 Å². The van der Waals surface area contributed by atoms with Crippen LogP contribution in [0.1, 0.15) is 53.3 Å². The van der Waals surface area contributed by atoms with Gasteiger partial charge in [0.2, 0.25) is 5.95 Å². The highest BCUT2D eigenvalue weighted by Gasteiger charge is 2.21. The molecule has 0 unspecified atom stereocenters. The Morgan fingerprint density at radius 2 is 1.63 bits per heavy atom. The highest BCUT2D eigenvalue weighted by atomic mass is 16.2. The van der Waals surface area contributed by atoms with Gasteiger partial charge in [-0.2, -0.15) is 9.78 Å². The molecule has 0 radical (unpaired) electrons. The predicted molar refractivity (Wildman–Crippen MR) is 144 cm³/mol. The lowest BCUT2D eigenvalue weighted by Crippen LogP contribution is -2.37. The van der Waals surface area contributed by atoms with E-state index in [1.165, 1.54) is 4.68 Å². The number of hydrogen-bond donors (Lipinski definition) is 3. The quantitative estimate of drug-likeness (QED) is 0.329. The Bertz CT molecular complexity index is 1450. The van der Waals surface area contributed by atoms with Gasteiger partial charge in [-0.25, -0.2) is 4.98 Å². The molecule has 0 saturated carbocycles. The fourth-order valence-corrected chi connectivity index (χ4v) is 4.92. The highest BCUT2D eigenvalue weighted by Crippen LogP contribution is 2.27. The van der Waals surface area contributed by atoms with Crippen LogP contribution in [-0.2, 0) is 22.4 Å². The number of anilines is 1. The summed E-state index contributed by atoms with van der Waals surface area (Å²) in [4.78, 5) is 45.4. The van der Waals surface area contributed by atoms with E-state index in [0.717, 1.165) is 36.1 Å². The minimum absolute atomic E-state index is 0.0803. The van der Waals surface area contributed by atoms with E-state index in [1.54, 1.807) is 13.0 Å². The molecule has 2 amide bonds. The van der Waals surface area contributed by atoms with E-state index < -0.39 is 11.8 Å². The molecule has 5 rings (SSSR count).